The number of nitrogens with one attached hydrogen (secondary N) is 1. The number of carbonyl (C=O) groups is 3. The van der Waals surface area contributed by atoms with Crippen LogP contribution in [0.4, 0.5) is 16.8 Å². The number of aromatic nitrogens is 4. The minimum atomic E-state index is -1.30. The fourth-order valence-electron chi connectivity index (χ4n) is 2.79. The molecule has 3 heterocycles. The summed E-state index contributed by atoms with van der Waals surface area (Å²) in [6.45, 7) is 0.338. The normalized spacial score (nSPS) is 11.8. The van der Waals surface area contributed by atoms with Crippen molar-refractivity contribution in [1.29, 1.82) is 0 Å². The Hall–Kier alpha value is -4.07. The minimum Gasteiger partial charge on any atom is -0.481 e. The Morgan fingerprint density at radius 3 is 2.62 bits per heavy atom. The lowest BCUT2D eigenvalue weighted by molar-refractivity contribution is -0.140. The van der Waals surface area contributed by atoms with Crippen molar-refractivity contribution in [3.05, 3.63) is 28.9 Å². The van der Waals surface area contributed by atoms with Gasteiger partial charge in [-0.1, -0.05) is 0 Å². The zero-order valence-electron chi connectivity index (χ0n) is 16.8. The second-order valence-electron chi connectivity index (χ2n) is 6.79. The van der Waals surface area contributed by atoms with Crippen LogP contribution < -0.4 is 21.7 Å². The van der Waals surface area contributed by atoms with Crippen LogP contribution in [0, 0.1) is 0 Å². The van der Waals surface area contributed by atoms with Crippen molar-refractivity contribution in [2.45, 2.75) is 25.4 Å². The van der Waals surface area contributed by atoms with Gasteiger partial charge >= 0.3 is 11.9 Å². The molecule has 3 aromatic rings. The van der Waals surface area contributed by atoms with Crippen LogP contribution >= 0.6 is 11.3 Å². The van der Waals surface area contributed by atoms with Crippen LogP contribution in [-0.2, 0) is 16.1 Å². The Morgan fingerprint density at radius 2 is 1.94 bits per heavy atom. The van der Waals surface area contributed by atoms with E-state index >= 15 is 0 Å². The summed E-state index contributed by atoms with van der Waals surface area (Å²) >= 11 is 1.15. The smallest absolute Gasteiger partial charge is 0.326 e. The molecule has 0 aromatic carbocycles. The van der Waals surface area contributed by atoms with E-state index in [1.54, 1.807) is 19.2 Å². The van der Waals surface area contributed by atoms with E-state index in [0.29, 0.717) is 17.8 Å². The highest BCUT2D eigenvalue weighted by atomic mass is 32.1. The maximum Gasteiger partial charge on any atom is 0.326 e. The van der Waals surface area contributed by atoms with Gasteiger partial charge in [0.2, 0.25) is 5.95 Å². The number of rotatable bonds is 9. The molecule has 32 heavy (non-hydrogen) atoms. The molecule has 0 fully saturated rings. The molecule has 13 nitrogen and oxygen atoms in total. The number of nitrogens with two attached hydrogens (primary N) is 2. The Balaban J connectivity index is 1.69. The van der Waals surface area contributed by atoms with E-state index in [-0.39, 0.29) is 35.1 Å². The molecule has 1 amide bonds. The number of nitrogens with zero attached hydrogens (tertiary/aromatic N) is 5. The highest BCUT2D eigenvalue weighted by molar-refractivity contribution is 7.17. The van der Waals surface area contributed by atoms with Crippen LogP contribution in [-0.4, -0.2) is 61.1 Å². The van der Waals surface area contributed by atoms with Crippen molar-refractivity contribution in [1.82, 2.24) is 25.3 Å². The molecule has 0 aliphatic heterocycles. The lowest BCUT2D eigenvalue weighted by Crippen LogP contribution is -2.40. The average Bonchev–Trinajstić information content (AvgIpc) is 3.21. The molecule has 0 aliphatic carbocycles. The van der Waals surface area contributed by atoms with Crippen LogP contribution in [0.2, 0.25) is 0 Å². The standard InChI is InChI=1S/C18H20N8O5S/c1-26(7-8-6-21-15-13(22-8)14(19)24-18(20)25-15)11-4-3-10(32-11)16(29)23-9(17(30)31)2-5-12(27)28/h3-4,6,9H,2,5,7H2,1H3,(H,23,29)(H,27,28)(H,30,31)(H4,19,20,21,24,25)/t9-/m0/s1. The zero-order chi connectivity index (χ0) is 23.4. The van der Waals surface area contributed by atoms with E-state index in [1.807, 2.05) is 4.90 Å². The number of anilines is 3. The molecule has 0 saturated heterocycles. The molecule has 3 aromatic heterocycles. The van der Waals surface area contributed by atoms with Gasteiger partial charge in [0.25, 0.3) is 5.91 Å². The van der Waals surface area contributed by atoms with E-state index in [2.05, 4.69) is 25.3 Å². The quantitative estimate of drug-likeness (QED) is 0.292. The summed E-state index contributed by atoms with van der Waals surface area (Å²) in [5.74, 6) is -2.91. The van der Waals surface area contributed by atoms with Gasteiger partial charge < -0.3 is 31.9 Å². The first kappa shape index (κ1) is 22.6. The molecule has 14 heteroatoms. The zero-order valence-corrected chi connectivity index (χ0v) is 17.7. The molecule has 0 unspecified atom stereocenters. The molecule has 168 valence electrons. The number of hydrogen-bond donors (Lipinski definition) is 5. The summed E-state index contributed by atoms with van der Waals surface area (Å²) < 4.78 is 0. The fraction of sp³-hybridized carbons (Fsp3) is 0.278. The van der Waals surface area contributed by atoms with E-state index in [0.717, 1.165) is 16.3 Å². The third kappa shape index (κ3) is 5.34. The molecule has 0 bridgehead atoms. The number of hydrogen-bond acceptors (Lipinski definition) is 11. The number of carbonyl (C=O) groups excluding carboxylic acids is 1. The molecule has 0 spiro atoms. The SMILES string of the molecule is CN(Cc1cnc2nc(N)nc(N)c2n1)c1ccc(C(=O)N[C@@H](CCC(=O)O)C(=O)O)s1. The largest absolute Gasteiger partial charge is 0.481 e. The predicted octanol–water partition coefficient (Wildman–Crippen LogP) is 0.330. The molecule has 0 radical (unpaired) electrons. The van der Waals surface area contributed by atoms with Crippen LogP contribution in [0.25, 0.3) is 11.2 Å². The van der Waals surface area contributed by atoms with Crippen molar-refractivity contribution >= 4 is 57.1 Å². The average molecular weight is 460 g/mol. The van der Waals surface area contributed by atoms with Gasteiger partial charge in [-0.15, -0.1) is 11.3 Å². The summed E-state index contributed by atoms with van der Waals surface area (Å²) in [7, 11) is 1.79. The Labute approximate surface area is 185 Å². The number of nitrogen functional groups attached to an aromatic ring is 2. The first-order chi connectivity index (χ1) is 15.1. The summed E-state index contributed by atoms with van der Waals surface area (Å²) in [4.78, 5) is 53.0. The number of thiophene rings is 1. The third-order valence-electron chi connectivity index (χ3n) is 4.34. The number of carboxylic acid groups (broad SMARTS) is 2. The van der Waals surface area contributed by atoms with Crippen LogP contribution in [0.3, 0.4) is 0 Å². The van der Waals surface area contributed by atoms with E-state index in [1.165, 1.54) is 6.20 Å². The fourth-order valence-corrected chi connectivity index (χ4v) is 3.66. The van der Waals surface area contributed by atoms with E-state index in [4.69, 9.17) is 16.6 Å². The maximum absolute atomic E-state index is 12.4. The van der Waals surface area contributed by atoms with E-state index in [9.17, 15) is 19.5 Å². The number of fused-ring (bicyclic) bond motifs is 1. The Morgan fingerprint density at radius 1 is 1.19 bits per heavy atom. The van der Waals surface area contributed by atoms with Crippen molar-refractivity contribution in [2.24, 2.45) is 0 Å². The van der Waals surface area contributed by atoms with Crippen molar-refractivity contribution in [2.75, 3.05) is 23.4 Å². The van der Waals surface area contributed by atoms with Gasteiger partial charge in [-0.25, -0.2) is 14.8 Å². The van der Waals surface area contributed by atoms with Crippen molar-refractivity contribution in [3.63, 3.8) is 0 Å². The number of aliphatic carboxylic acids is 2. The third-order valence-corrected chi connectivity index (χ3v) is 5.54. The van der Waals surface area contributed by atoms with Crippen LogP contribution in [0.5, 0.6) is 0 Å². The molecule has 0 aliphatic rings. The molecular formula is C18H20N8O5S. The van der Waals surface area contributed by atoms with Crippen molar-refractivity contribution in [3.8, 4) is 0 Å². The monoisotopic (exact) mass is 460 g/mol. The second kappa shape index (κ2) is 9.38. The summed E-state index contributed by atoms with van der Waals surface area (Å²) in [5, 5.41) is 21.0. The first-order valence-electron chi connectivity index (χ1n) is 9.25. The highest BCUT2D eigenvalue weighted by Gasteiger charge is 2.23. The van der Waals surface area contributed by atoms with Gasteiger partial charge in [-0.3, -0.25) is 9.59 Å². The van der Waals surface area contributed by atoms with Gasteiger partial charge in [0.15, 0.2) is 17.0 Å². The summed E-state index contributed by atoms with van der Waals surface area (Å²) in [6.07, 6.45) is 0.949. The van der Waals surface area contributed by atoms with Gasteiger partial charge in [0.05, 0.1) is 28.3 Å². The number of carboxylic acids is 2. The Bertz CT molecular complexity index is 1180. The first-order valence-corrected chi connectivity index (χ1v) is 10.1. The molecule has 0 saturated carbocycles. The van der Waals surface area contributed by atoms with Gasteiger partial charge in [0.1, 0.15) is 6.04 Å². The topological polar surface area (TPSA) is 211 Å². The minimum absolute atomic E-state index is 0.00616. The summed E-state index contributed by atoms with van der Waals surface area (Å²) in [6, 6.07) is 1.97. The van der Waals surface area contributed by atoms with Crippen LogP contribution in [0.15, 0.2) is 18.3 Å². The van der Waals surface area contributed by atoms with Crippen LogP contribution in [0.1, 0.15) is 28.2 Å². The highest BCUT2D eigenvalue weighted by Crippen LogP contribution is 2.26. The predicted molar refractivity (Wildman–Crippen MR) is 116 cm³/mol. The second-order valence-corrected chi connectivity index (χ2v) is 7.85. The molecule has 7 N–H and O–H groups in total. The van der Waals surface area contributed by atoms with Gasteiger partial charge in [0, 0.05) is 13.5 Å². The molecule has 3 rings (SSSR count). The Kier molecular flexibility index (Phi) is 6.63. The molecular weight excluding hydrogens is 440 g/mol. The number of amides is 1. The summed E-state index contributed by atoms with van der Waals surface area (Å²) in [5.41, 5.74) is 12.6. The lowest BCUT2D eigenvalue weighted by Gasteiger charge is -2.16. The van der Waals surface area contributed by atoms with Gasteiger partial charge in [-0.05, 0) is 18.6 Å². The maximum atomic E-state index is 12.4. The molecule has 1 atom stereocenters. The van der Waals surface area contributed by atoms with Crippen molar-refractivity contribution < 1.29 is 24.6 Å². The van der Waals surface area contributed by atoms with Gasteiger partial charge in [-0.2, -0.15) is 9.97 Å². The lowest BCUT2D eigenvalue weighted by atomic mass is 10.1. The van der Waals surface area contributed by atoms with E-state index < -0.39 is 23.9 Å².